The van der Waals surface area contributed by atoms with Gasteiger partial charge in [0.2, 0.25) is 0 Å². The molecule has 0 aliphatic heterocycles. The minimum atomic E-state index is -0.0139. The molecule has 0 heterocycles. The zero-order valence-electron chi connectivity index (χ0n) is 20.2. The number of aryl methyl sites for hydroxylation is 4. The normalized spacial score (nSPS) is 13.5. The average Bonchev–Trinajstić information content (AvgIpc) is 2.87. The monoisotopic (exact) mass is 449 g/mol. The van der Waals surface area contributed by atoms with E-state index in [4.69, 9.17) is 0 Å². The van der Waals surface area contributed by atoms with E-state index in [1.165, 1.54) is 22.3 Å². The number of nitrogens with one attached hydrogen (secondary N) is 1. The van der Waals surface area contributed by atoms with E-state index in [0.29, 0.717) is 11.8 Å². The van der Waals surface area contributed by atoms with Crippen LogP contribution in [0.1, 0.15) is 53.3 Å². The average molecular weight is 450 g/mol. The first-order chi connectivity index (χ1) is 16.6. The molecule has 0 fully saturated rings. The number of aromatic hydroxyl groups is 1. The highest BCUT2D eigenvalue weighted by atomic mass is 16.3. The third-order valence-electron chi connectivity index (χ3n) is 6.37. The zero-order valence-corrected chi connectivity index (χ0v) is 20.2. The lowest BCUT2D eigenvalue weighted by Crippen LogP contribution is -2.30. The van der Waals surface area contributed by atoms with E-state index in [1.807, 2.05) is 42.5 Å². The fourth-order valence-electron chi connectivity index (χ4n) is 4.58. The fraction of sp³-hybridized carbons (Fsp3) is 0.250. The highest BCUT2D eigenvalue weighted by Crippen LogP contribution is 2.37. The maximum Gasteiger partial charge on any atom is 0.124 e. The number of phenols is 1. The predicted octanol–water partition coefficient (Wildman–Crippen LogP) is 7.05. The van der Waals surface area contributed by atoms with Gasteiger partial charge in [-0.15, -0.1) is 0 Å². The largest absolute Gasteiger partial charge is 0.507 e. The van der Waals surface area contributed by atoms with Crippen LogP contribution in [0.5, 0.6) is 5.75 Å². The van der Waals surface area contributed by atoms with Crippen molar-refractivity contribution in [2.24, 2.45) is 0 Å². The van der Waals surface area contributed by atoms with Crippen molar-refractivity contribution in [3.8, 4) is 5.75 Å². The highest BCUT2D eigenvalue weighted by Gasteiger charge is 2.24. The van der Waals surface area contributed by atoms with Gasteiger partial charge in [0.15, 0.2) is 0 Å². The molecule has 4 aliphatic carbocycles. The van der Waals surface area contributed by atoms with Crippen LogP contribution in [0.2, 0.25) is 0 Å². The molecular weight excluding hydrogens is 414 g/mol. The third kappa shape index (κ3) is 6.15. The summed E-state index contributed by atoms with van der Waals surface area (Å²) in [5.74, 6) is 0.467. The van der Waals surface area contributed by atoms with Gasteiger partial charge in [0, 0.05) is 11.6 Å². The van der Waals surface area contributed by atoms with Gasteiger partial charge in [-0.2, -0.15) is 0 Å². The van der Waals surface area contributed by atoms with Gasteiger partial charge < -0.3 is 10.4 Å². The van der Waals surface area contributed by atoms with Crippen molar-refractivity contribution in [3.63, 3.8) is 0 Å². The molecular formula is C32H35NO. The molecule has 8 rings (SSSR count). The Kier molecular flexibility index (Phi) is 8.17. The first kappa shape index (κ1) is 23.8. The van der Waals surface area contributed by atoms with Gasteiger partial charge in [-0.3, -0.25) is 0 Å². The molecule has 1 unspecified atom stereocenters. The van der Waals surface area contributed by atoms with E-state index in [0.717, 1.165) is 36.8 Å². The van der Waals surface area contributed by atoms with Crippen LogP contribution in [0.3, 0.4) is 0 Å². The summed E-state index contributed by atoms with van der Waals surface area (Å²) >= 11 is 0. The molecule has 0 saturated carbocycles. The smallest absolute Gasteiger partial charge is 0.124 e. The summed E-state index contributed by atoms with van der Waals surface area (Å²) in [6, 6.07) is 36.1. The van der Waals surface area contributed by atoms with Gasteiger partial charge in [0.1, 0.15) is 5.75 Å². The molecule has 0 aromatic heterocycles. The molecule has 174 valence electrons. The molecule has 2 heteroatoms. The molecule has 34 heavy (non-hydrogen) atoms. The van der Waals surface area contributed by atoms with Gasteiger partial charge in [0.25, 0.3) is 0 Å². The van der Waals surface area contributed by atoms with E-state index in [9.17, 15) is 5.11 Å². The molecule has 0 spiro atoms. The van der Waals surface area contributed by atoms with Crippen LogP contribution in [0.15, 0.2) is 103 Å². The number of rotatable bonds is 4. The van der Waals surface area contributed by atoms with E-state index in [1.54, 1.807) is 0 Å². The second-order valence-corrected chi connectivity index (χ2v) is 9.28. The second-order valence-electron chi connectivity index (χ2n) is 9.28. The van der Waals surface area contributed by atoms with Gasteiger partial charge >= 0.3 is 0 Å². The SMILES string of the molecule is CC(C)NC(c1ccccc1)c1c2ccc(c1O)CCc1ccc(cc1)CC2.c1ccccc1. The quantitative estimate of drug-likeness (QED) is 0.350. The first-order valence-electron chi connectivity index (χ1n) is 12.3. The maximum atomic E-state index is 11.3. The molecule has 0 amide bonds. The Morgan fingerprint density at radius 1 is 0.588 bits per heavy atom. The molecule has 4 aromatic carbocycles. The molecule has 2 N–H and O–H groups in total. The lowest BCUT2D eigenvalue weighted by Gasteiger charge is -2.27. The molecule has 0 saturated heterocycles. The van der Waals surface area contributed by atoms with E-state index < -0.39 is 0 Å². The Hall–Kier alpha value is -3.36. The lowest BCUT2D eigenvalue weighted by molar-refractivity contribution is 0.441. The molecule has 4 bridgehead atoms. The Morgan fingerprint density at radius 3 is 1.59 bits per heavy atom. The van der Waals surface area contributed by atoms with Gasteiger partial charge in [0.05, 0.1) is 6.04 Å². The van der Waals surface area contributed by atoms with Crippen molar-refractivity contribution in [1.29, 1.82) is 0 Å². The van der Waals surface area contributed by atoms with Crippen LogP contribution in [0, 0.1) is 0 Å². The van der Waals surface area contributed by atoms with Crippen molar-refractivity contribution in [1.82, 2.24) is 5.32 Å². The molecule has 0 radical (unpaired) electrons. The van der Waals surface area contributed by atoms with Crippen molar-refractivity contribution >= 4 is 0 Å². The number of hydrogen-bond acceptors (Lipinski definition) is 2. The summed E-state index contributed by atoms with van der Waals surface area (Å²) in [6.07, 6.45) is 3.70. The third-order valence-corrected chi connectivity index (χ3v) is 6.37. The lowest BCUT2D eigenvalue weighted by atomic mass is 9.87. The summed E-state index contributed by atoms with van der Waals surface area (Å²) in [4.78, 5) is 0. The Bertz CT molecular complexity index is 1120. The minimum absolute atomic E-state index is 0.0139. The predicted molar refractivity (Wildman–Crippen MR) is 142 cm³/mol. The molecule has 2 nitrogen and oxygen atoms in total. The summed E-state index contributed by atoms with van der Waals surface area (Å²) in [5, 5.41) is 15.0. The van der Waals surface area contributed by atoms with Crippen molar-refractivity contribution < 1.29 is 5.11 Å². The Balaban J connectivity index is 0.000000398. The Morgan fingerprint density at radius 2 is 1.06 bits per heavy atom. The minimum Gasteiger partial charge on any atom is -0.507 e. The topological polar surface area (TPSA) is 32.3 Å². The highest BCUT2D eigenvalue weighted by molar-refractivity contribution is 5.51. The van der Waals surface area contributed by atoms with Crippen LogP contribution in [0.25, 0.3) is 0 Å². The van der Waals surface area contributed by atoms with E-state index >= 15 is 0 Å². The van der Waals surface area contributed by atoms with Crippen molar-refractivity contribution in [2.75, 3.05) is 0 Å². The summed E-state index contributed by atoms with van der Waals surface area (Å²) in [7, 11) is 0. The Labute approximate surface area is 204 Å². The summed E-state index contributed by atoms with van der Waals surface area (Å²) < 4.78 is 0. The van der Waals surface area contributed by atoms with E-state index in [2.05, 4.69) is 79.8 Å². The molecule has 4 aliphatic rings. The van der Waals surface area contributed by atoms with Crippen molar-refractivity contribution in [2.45, 2.75) is 51.6 Å². The van der Waals surface area contributed by atoms with Crippen LogP contribution in [-0.2, 0) is 25.7 Å². The van der Waals surface area contributed by atoms with Crippen LogP contribution in [0.4, 0.5) is 0 Å². The number of phenolic OH excluding ortho intramolecular Hbond substituents is 1. The second kappa shape index (κ2) is 11.7. The standard InChI is InChI=1S/C26H29NO.C6H6/c1-18(2)27-25(22-6-4-3-5-7-22)24-21-14-12-19-8-10-20(11-9-19)13-15-23(17-16-21)26(24)28;1-2-4-6-5-3-1/h3-11,16-18,25,27-28H,12-15H2,1-2H3;1-6H. The van der Waals surface area contributed by atoms with Crippen LogP contribution >= 0.6 is 0 Å². The zero-order chi connectivity index (χ0) is 23.8. The molecule has 1 atom stereocenters. The number of benzene rings is 4. The van der Waals surface area contributed by atoms with Gasteiger partial charge in [-0.25, -0.2) is 0 Å². The van der Waals surface area contributed by atoms with Gasteiger partial charge in [-0.1, -0.05) is 103 Å². The van der Waals surface area contributed by atoms with E-state index in [-0.39, 0.29) is 6.04 Å². The summed E-state index contributed by atoms with van der Waals surface area (Å²) in [5.41, 5.74) is 7.19. The van der Waals surface area contributed by atoms with Crippen LogP contribution in [-0.4, -0.2) is 11.1 Å². The van der Waals surface area contributed by atoms with Gasteiger partial charge in [-0.05, 0) is 67.3 Å². The van der Waals surface area contributed by atoms with Crippen molar-refractivity contribution in [3.05, 3.63) is 137 Å². The first-order valence-corrected chi connectivity index (χ1v) is 12.3. The maximum absolute atomic E-state index is 11.3. The number of hydrogen-bond donors (Lipinski definition) is 2. The summed E-state index contributed by atoms with van der Waals surface area (Å²) in [6.45, 7) is 4.33. The van der Waals surface area contributed by atoms with Crippen LogP contribution < -0.4 is 5.32 Å². The molecule has 4 aromatic rings. The fourth-order valence-corrected chi connectivity index (χ4v) is 4.58.